The first-order valence-corrected chi connectivity index (χ1v) is 3.97. The van der Waals surface area contributed by atoms with E-state index in [2.05, 4.69) is 5.14 Å². The average Bonchev–Trinajstić information content (AvgIpc) is 1.19. The third-order valence-electron chi connectivity index (χ3n) is 0. The van der Waals surface area contributed by atoms with Gasteiger partial charge in [0.2, 0.25) is 0 Å². The van der Waals surface area contributed by atoms with Gasteiger partial charge in [0.15, 0.2) is 10.9 Å². The van der Waals surface area contributed by atoms with Crippen LogP contribution in [0.5, 0.6) is 0 Å². The summed E-state index contributed by atoms with van der Waals surface area (Å²) in [4.78, 5) is 0. The molecule has 0 aromatic rings. The van der Waals surface area contributed by atoms with Crippen LogP contribution in [0.2, 0.25) is 0 Å². The molecule has 0 aromatic carbocycles. The van der Waals surface area contributed by atoms with Crippen LogP contribution >= 0.6 is 0 Å². The minimum atomic E-state index is -4.67. The third kappa shape index (κ3) is 5370. The van der Waals surface area contributed by atoms with Crippen molar-refractivity contribution in [3.63, 3.8) is 0 Å². The first-order chi connectivity index (χ1) is 3.73. The quantitative estimate of drug-likeness (QED) is 0.246. The Labute approximate surface area is 53.1 Å². The van der Waals surface area contributed by atoms with E-state index in [1.54, 1.807) is 0 Å². The van der Waals surface area contributed by atoms with Gasteiger partial charge in [0, 0.05) is 0 Å². The zero-order valence-electron chi connectivity index (χ0n) is 3.96. The minimum Gasteiger partial charge on any atom is -0.264 e. The Balaban J connectivity index is 0. The van der Waals surface area contributed by atoms with E-state index in [0.29, 0.717) is 0 Å². The molecule has 0 amide bonds. The number of nitrogens with two attached hydrogens (primary N) is 1. The van der Waals surface area contributed by atoms with E-state index in [1.165, 1.54) is 0 Å². The molecule has 0 unspecified atom stereocenters. The molecule has 58 valence electrons. The molecule has 7 nitrogen and oxygen atoms in total. The van der Waals surface area contributed by atoms with E-state index in [0.717, 1.165) is 0 Å². The second-order valence-electron chi connectivity index (χ2n) is 0.733. The van der Waals surface area contributed by atoms with Gasteiger partial charge < -0.3 is 0 Å². The van der Waals surface area contributed by atoms with E-state index >= 15 is 0 Å². The Bertz CT molecular complexity index is 191. The Hall–Kier alpha value is -0.220. The molecule has 9 heteroatoms. The van der Waals surface area contributed by atoms with Crippen LogP contribution in [0, 0.1) is 0 Å². The topological polar surface area (TPSA) is 135 Å². The largest absolute Gasteiger partial charge is 0.394 e. The van der Waals surface area contributed by atoms with Crippen LogP contribution in [0.15, 0.2) is 0 Å². The van der Waals surface area contributed by atoms with E-state index in [1.807, 2.05) is 0 Å². The van der Waals surface area contributed by atoms with Gasteiger partial charge in [0.25, 0.3) is 0 Å². The van der Waals surface area contributed by atoms with Crippen LogP contribution < -0.4 is 5.14 Å². The van der Waals surface area contributed by atoms with Crippen molar-refractivity contribution in [3.05, 3.63) is 0 Å². The lowest BCUT2D eigenvalue weighted by Gasteiger charge is -1.68. The summed E-state index contributed by atoms with van der Waals surface area (Å²) in [5.41, 5.74) is 0. The number of thiol groups is 1. The fourth-order valence-electron chi connectivity index (χ4n) is 0. The van der Waals surface area contributed by atoms with Gasteiger partial charge in [0.05, 0.1) is 0 Å². The normalized spacial score (nSPS) is 10.2. The summed E-state index contributed by atoms with van der Waals surface area (Å²) >= 11 is 0. The van der Waals surface area contributed by atoms with E-state index in [4.69, 9.17) is 25.9 Å². The first-order valence-electron chi connectivity index (χ1n) is 1.32. The van der Waals surface area contributed by atoms with Crippen LogP contribution in [-0.2, 0) is 21.3 Å². The summed E-state index contributed by atoms with van der Waals surface area (Å²) in [6.45, 7) is 0. The van der Waals surface area contributed by atoms with E-state index in [9.17, 15) is 0 Å². The molecule has 0 radical (unpaired) electrons. The molecule has 0 aromatic heterocycles. The fourth-order valence-corrected chi connectivity index (χ4v) is 0. The number of rotatable bonds is 0. The zero-order chi connectivity index (χ0) is 8.08. The summed E-state index contributed by atoms with van der Waals surface area (Å²) in [5.74, 6) is 0. The Morgan fingerprint density at radius 3 is 1.22 bits per heavy atom. The molecule has 0 spiro atoms. The maximum atomic E-state index is 8.81. The highest BCUT2D eigenvalue weighted by atomic mass is 32.3. The maximum Gasteiger partial charge on any atom is 0.394 e. The van der Waals surface area contributed by atoms with Gasteiger partial charge in [-0.05, 0) is 0 Å². The highest BCUT2D eigenvalue weighted by Crippen LogP contribution is 1.59. The minimum absolute atomic E-state index is 2.62. The molecule has 0 rings (SSSR count). The van der Waals surface area contributed by atoms with Crippen molar-refractivity contribution < 1.29 is 25.9 Å². The molecule has 0 bridgehead atoms. The predicted octanol–water partition coefficient (Wildman–Crippen LogP) is -2.18. The molecular weight excluding hydrogens is 174 g/mol. The van der Waals surface area contributed by atoms with Crippen molar-refractivity contribution in [1.82, 2.24) is 0 Å². The van der Waals surface area contributed by atoms with Gasteiger partial charge in [-0.3, -0.25) is 9.11 Å². The van der Waals surface area contributed by atoms with Crippen molar-refractivity contribution in [2.75, 3.05) is 0 Å². The second kappa shape index (κ2) is 4.64. The van der Waals surface area contributed by atoms with Crippen molar-refractivity contribution in [1.29, 1.82) is 0 Å². The molecule has 0 heterocycles. The van der Waals surface area contributed by atoms with Crippen LogP contribution in [0.3, 0.4) is 0 Å². The van der Waals surface area contributed by atoms with Crippen LogP contribution in [0.25, 0.3) is 0 Å². The standard InChI is InChI=1S/H3NO2S.H2O4S/c1-4(2)3;1-5(2,3)4/h4H,(H2,1,2,3);(H2,1,2,3,4). The lowest BCUT2D eigenvalue weighted by molar-refractivity contribution is 0.381. The van der Waals surface area contributed by atoms with Gasteiger partial charge in [-0.25, -0.2) is 13.6 Å². The van der Waals surface area contributed by atoms with Crippen molar-refractivity contribution >= 4 is 21.3 Å². The van der Waals surface area contributed by atoms with Gasteiger partial charge in [-0.1, -0.05) is 0 Å². The highest BCUT2D eigenvalue weighted by molar-refractivity contribution is 7.79. The summed E-state index contributed by atoms with van der Waals surface area (Å²) in [6, 6.07) is 0. The molecule has 0 aliphatic heterocycles. The lowest BCUT2D eigenvalue weighted by Crippen LogP contribution is -1.89. The summed E-state index contributed by atoms with van der Waals surface area (Å²) in [6.07, 6.45) is 0. The van der Waals surface area contributed by atoms with Gasteiger partial charge in [-0.2, -0.15) is 8.42 Å². The molecule has 0 atom stereocenters. The van der Waals surface area contributed by atoms with Crippen molar-refractivity contribution in [3.8, 4) is 0 Å². The van der Waals surface area contributed by atoms with Crippen molar-refractivity contribution in [2.45, 2.75) is 0 Å². The second-order valence-corrected chi connectivity index (χ2v) is 2.20. The van der Waals surface area contributed by atoms with Crippen molar-refractivity contribution in [2.24, 2.45) is 5.14 Å². The van der Waals surface area contributed by atoms with Gasteiger partial charge >= 0.3 is 10.4 Å². The number of hydrogen-bond donors (Lipinski definition) is 4. The van der Waals surface area contributed by atoms with Crippen LogP contribution in [0.1, 0.15) is 0 Å². The van der Waals surface area contributed by atoms with Crippen LogP contribution in [0.4, 0.5) is 0 Å². The number of hydrogen-bond acceptors (Lipinski definition) is 4. The predicted molar refractivity (Wildman–Crippen MR) is 28.7 cm³/mol. The van der Waals surface area contributed by atoms with Crippen LogP contribution in [-0.4, -0.2) is 25.9 Å². The fraction of sp³-hybridized carbons (Fsp3) is 0. The first kappa shape index (κ1) is 11.6. The molecule has 0 saturated carbocycles. The zero-order valence-corrected chi connectivity index (χ0v) is 5.67. The van der Waals surface area contributed by atoms with Gasteiger partial charge in [0.1, 0.15) is 0 Å². The Kier molecular flexibility index (Phi) is 5.96. The molecule has 9 heavy (non-hydrogen) atoms. The molecule has 0 fully saturated rings. The molecule has 0 saturated heterocycles. The highest BCUT2D eigenvalue weighted by Gasteiger charge is 1.84. The molecule has 4 N–H and O–H groups in total. The monoisotopic (exact) mass is 179 g/mol. The Morgan fingerprint density at radius 1 is 1.22 bits per heavy atom. The molecule has 0 aliphatic rings. The molecule has 0 aliphatic carbocycles. The maximum absolute atomic E-state index is 8.81. The summed E-state index contributed by atoms with van der Waals surface area (Å²) in [7, 11) is -7.29. The summed E-state index contributed by atoms with van der Waals surface area (Å²) in [5, 5.41) is 4.06. The third-order valence-corrected chi connectivity index (χ3v) is 0. The lowest BCUT2D eigenvalue weighted by atomic mass is 14.0. The SMILES string of the molecule is N[SH](=O)=O.O=S(=O)(O)O. The average molecular weight is 179 g/mol. The smallest absolute Gasteiger partial charge is 0.264 e. The molecular formula is H5NO6S2. The van der Waals surface area contributed by atoms with E-state index in [-0.39, 0.29) is 0 Å². The Morgan fingerprint density at radius 2 is 1.22 bits per heavy atom. The van der Waals surface area contributed by atoms with Gasteiger partial charge in [-0.15, -0.1) is 0 Å². The summed E-state index contributed by atoms with van der Waals surface area (Å²) < 4.78 is 49.2. The van der Waals surface area contributed by atoms with E-state index < -0.39 is 21.3 Å².